The van der Waals surface area contributed by atoms with Crippen LogP contribution < -0.4 is 10.1 Å². The molecular weight excluding hydrogens is 284 g/mol. The molecule has 2 aliphatic rings. The standard InChI is InChI=1S/C17H25ClN2O/c1-17(14-4-5-14)12-20(9-3-8-19-17)11-13-10-15(18)6-7-16(13)21-2/h6-7,10,14,19H,3-5,8-9,11-12H2,1-2H3. The molecule has 1 saturated carbocycles. The molecule has 0 spiro atoms. The van der Waals surface area contributed by atoms with E-state index in [0.29, 0.717) is 0 Å². The van der Waals surface area contributed by atoms with Crippen molar-refractivity contribution in [3.05, 3.63) is 28.8 Å². The van der Waals surface area contributed by atoms with Crippen LogP contribution in [0.15, 0.2) is 18.2 Å². The summed E-state index contributed by atoms with van der Waals surface area (Å²) in [6.07, 6.45) is 3.95. The van der Waals surface area contributed by atoms with E-state index >= 15 is 0 Å². The summed E-state index contributed by atoms with van der Waals surface area (Å²) in [6, 6.07) is 5.89. The predicted octanol–water partition coefficient (Wildman–Crippen LogP) is 3.31. The highest BCUT2D eigenvalue weighted by Gasteiger charge is 2.42. The van der Waals surface area contributed by atoms with Gasteiger partial charge in [0.2, 0.25) is 0 Å². The monoisotopic (exact) mass is 308 g/mol. The second-order valence-corrected chi connectivity index (χ2v) is 7.08. The molecule has 1 unspecified atom stereocenters. The van der Waals surface area contributed by atoms with E-state index in [2.05, 4.69) is 17.1 Å². The second kappa shape index (κ2) is 6.15. The van der Waals surface area contributed by atoms with Gasteiger partial charge < -0.3 is 10.1 Å². The molecule has 1 aromatic rings. The Morgan fingerprint density at radius 2 is 2.24 bits per heavy atom. The summed E-state index contributed by atoms with van der Waals surface area (Å²) in [4.78, 5) is 2.55. The molecule has 1 aliphatic heterocycles. The molecule has 2 fully saturated rings. The molecule has 3 nitrogen and oxygen atoms in total. The molecule has 116 valence electrons. The SMILES string of the molecule is COc1ccc(Cl)cc1CN1CCCNC(C)(C2CC2)C1. The average Bonchev–Trinajstić information content (AvgIpc) is 3.28. The minimum absolute atomic E-state index is 0.266. The lowest BCUT2D eigenvalue weighted by Gasteiger charge is -2.34. The molecule has 1 N–H and O–H groups in total. The zero-order chi connectivity index (χ0) is 14.9. The lowest BCUT2D eigenvalue weighted by atomic mass is 9.95. The summed E-state index contributed by atoms with van der Waals surface area (Å²) in [5.74, 6) is 1.78. The highest BCUT2D eigenvalue weighted by Crippen LogP contribution is 2.40. The van der Waals surface area contributed by atoms with E-state index in [1.165, 1.54) is 24.8 Å². The maximum Gasteiger partial charge on any atom is 0.123 e. The maximum absolute atomic E-state index is 6.15. The van der Waals surface area contributed by atoms with Gasteiger partial charge in [0.1, 0.15) is 5.75 Å². The number of nitrogens with zero attached hydrogens (tertiary/aromatic N) is 1. The zero-order valence-corrected chi connectivity index (χ0v) is 13.7. The van der Waals surface area contributed by atoms with Crippen molar-refractivity contribution < 1.29 is 4.74 Å². The molecule has 1 aromatic carbocycles. The lowest BCUT2D eigenvalue weighted by Crippen LogP contribution is -2.50. The third-order valence-corrected chi connectivity index (χ3v) is 5.08. The first kappa shape index (κ1) is 15.1. The van der Waals surface area contributed by atoms with Gasteiger partial charge >= 0.3 is 0 Å². The molecule has 3 rings (SSSR count). The third-order valence-electron chi connectivity index (χ3n) is 4.85. The molecule has 1 heterocycles. The molecule has 0 aromatic heterocycles. The van der Waals surface area contributed by atoms with Gasteiger partial charge in [0.15, 0.2) is 0 Å². The topological polar surface area (TPSA) is 24.5 Å². The van der Waals surface area contributed by atoms with Crippen LogP contribution in [0.2, 0.25) is 5.02 Å². The highest BCUT2D eigenvalue weighted by atomic mass is 35.5. The third kappa shape index (κ3) is 3.53. The maximum atomic E-state index is 6.15. The molecule has 1 atom stereocenters. The molecule has 0 radical (unpaired) electrons. The Bertz CT molecular complexity index is 504. The first-order chi connectivity index (χ1) is 10.1. The summed E-state index contributed by atoms with van der Waals surface area (Å²) in [5.41, 5.74) is 1.45. The fourth-order valence-electron chi connectivity index (χ4n) is 3.52. The molecule has 4 heteroatoms. The van der Waals surface area contributed by atoms with E-state index in [0.717, 1.165) is 42.9 Å². The minimum atomic E-state index is 0.266. The van der Waals surface area contributed by atoms with Crippen molar-refractivity contribution in [2.45, 2.75) is 38.3 Å². The van der Waals surface area contributed by atoms with E-state index < -0.39 is 0 Å². The van der Waals surface area contributed by atoms with Gasteiger partial charge in [-0.2, -0.15) is 0 Å². The number of hydrogen-bond donors (Lipinski definition) is 1. The van der Waals surface area contributed by atoms with Crippen molar-refractivity contribution >= 4 is 11.6 Å². The number of nitrogens with one attached hydrogen (secondary N) is 1. The number of benzene rings is 1. The lowest BCUT2D eigenvalue weighted by molar-refractivity contribution is 0.193. The van der Waals surface area contributed by atoms with Gasteiger partial charge in [-0.05, 0) is 63.4 Å². The fraction of sp³-hybridized carbons (Fsp3) is 0.647. The van der Waals surface area contributed by atoms with Gasteiger partial charge in [0.25, 0.3) is 0 Å². The van der Waals surface area contributed by atoms with E-state index in [1.807, 2.05) is 18.2 Å². The Hall–Kier alpha value is -0.770. The fourth-order valence-corrected chi connectivity index (χ4v) is 3.71. The summed E-state index contributed by atoms with van der Waals surface area (Å²) >= 11 is 6.15. The van der Waals surface area contributed by atoms with Crippen LogP contribution in [0.5, 0.6) is 5.75 Å². The Balaban J connectivity index is 1.75. The number of halogens is 1. The van der Waals surface area contributed by atoms with Crippen LogP contribution in [0, 0.1) is 5.92 Å². The largest absolute Gasteiger partial charge is 0.496 e. The van der Waals surface area contributed by atoms with Crippen LogP contribution in [-0.2, 0) is 6.54 Å². The van der Waals surface area contributed by atoms with Crippen molar-refractivity contribution in [2.75, 3.05) is 26.7 Å². The molecule has 0 amide bonds. The van der Waals surface area contributed by atoms with Gasteiger partial charge in [-0.3, -0.25) is 4.90 Å². The zero-order valence-electron chi connectivity index (χ0n) is 13.0. The number of ether oxygens (including phenoxy) is 1. The van der Waals surface area contributed by atoms with E-state index in [4.69, 9.17) is 16.3 Å². The Morgan fingerprint density at radius 1 is 1.43 bits per heavy atom. The Morgan fingerprint density at radius 3 is 2.95 bits per heavy atom. The Labute approximate surface area is 132 Å². The molecular formula is C17H25ClN2O. The van der Waals surface area contributed by atoms with Gasteiger partial charge in [-0.1, -0.05) is 11.6 Å². The van der Waals surface area contributed by atoms with E-state index in [1.54, 1.807) is 7.11 Å². The van der Waals surface area contributed by atoms with Crippen molar-refractivity contribution in [2.24, 2.45) is 5.92 Å². The highest BCUT2D eigenvalue weighted by molar-refractivity contribution is 6.30. The molecule has 21 heavy (non-hydrogen) atoms. The molecule has 1 aliphatic carbocycles. The number of hydrogen-bond acceptors (Lipinski definition) is 3. The van der Waals surface area contributed by atoms with Crippen molar-refractivity contribution in [3.8, 4) is 5.75 Å². The van der Waals surface area contributed by atoms with Crippen LogP contribution in [0.4, 0.5) is 0 Å². The van der Waals surface area contributed by atoms with Crippen LogP contribution in [0.25, 0.3) is 0 Å². The van der Waals surface area contributed by atoms with Crippen molar-refractivity contribution in [3.63, 3.8) is 0 Å². The average molecular weight is 309 g/mol. The molecule has 0 bridgehead atoms. The Kier molecular flexibility index (Phi) is 4.43. The predicted molar refractivity (Wildman–Crippen MR) is 87.0 cm³/mol. The van der Waals surface area contributed by atoms with Crippen molar-refractivity contribution in [1.29, 1.82) is 0 Å². The van der Waals surface area contributed by atoms with Gasteiger partial charge in [-0.25, -0.2) is 0 Å². The summed E-state index contributed by atoms with van der Waals surface area (Å²) in [5, 5.41) is 4.56. The van der Waals surface area contributed by atoms with Crippen LogP contribution in [0.1, 0.15) is 31.7 Å². The smallest absolute Gasteiger partial charge is 0.123 e. The van der Waals surface area contributed by atoms with Crippen LogP contribution >= 0.6 is 11.6 Å². The summed E-state index contributed by atoms with van der Waals surface area (Å²) in [6.45, 7) is 6.65. The van der Waals surface area contributed by atoms with Gasteiger partial charge in [0, 0.05) is 29.2 Å². The normalized spacial score (nSPS) is 27.4. The number of rotatable bonds is 4. The van der Waals surface area contributed by atoms with Crippen LogP contribution in [-0.4, -0.2) is 37.2 Å². The first-order valence-corrected chi connectivity index (χ1v) is 8.28. The first-order valence-electron chi connectivity index (χ1n) is 7.90. The summed E-state index contributed by atoms with van der Waals surface area (Å²) in [7, 11) is 1.73. The second-order valence-electron chi connectivity index (χ2n) is 6.64. The van der Waals surface area contributed by atoms with E-state index in [-0.39, 0.29) is 5.54 Å². The molecule has 1 saturated heterocycles. The quantitative estimate of drug-likeness (QED) is 0.923. The van der Waals surface area contributed by atoms with Crippen LogP contribution in [0.3, 0.4) is 0 Å². The van der Waals surface area contributed by atoms with Gasteiger partial charge in [-0.15, -0.1) is 0 Å². The van der Waals surface area contributed by atoms with E-state index in [9.17, 15) is 0 Å². The number of methoxy groups -OCH3 is 1. The van der Waals surface area contributed by atoms with Crippen molar-refractivity contribution in [1.82, 2.24) is 10.2 Å². The summed E-state index contributed by atoms with van der Waals surface area (Å²) < 4.78 is 5.48. The van der Waals surface area contributed by atoms with Gasteiger partial charge in [0.05, 0.1) is 7.11 Å². The minimum Gasteiger partial charge on any atom is -0.496 e.